The van der Waals surface area contributed by atoms with Gasteiger partial charge in [0, 0.05) is 11.9 Å². The Morgan fingerprint density at radius 2 is 1.92 bits per heavy atom. The first kappa shape index (κ1) is 16.0. The molecule has 0 fully saturated rings. The average Bonchev–Trinajstić information content (AvgIpc) is 2.99. The molecule has 0 unspecified atom stereocenters. The summed E-state index contributed by atoms with van der Waals surface area (Å²) < 4.78 is 10.9. The molecule has 0 aliphatic heterocycles. The van der Waals surface area contributed by atoms with Gasteiger partial charge >= 0.3 is 6.01 Å². The van der Waals surface area contributed by atoms with Crippen LogP contribution in [-0.2, 0) is 6.61 Å². The van der Waals surface area contributed by atoms with Crippen molar-refractivity contribution in [3.63, 3.8) is 0 Å². The molecule has 7 heteroatoms. The number of amides is 1. The lowest BCUT2D eigenvalue weighted by atomic mass is 10.2. The van der Waals surface area contributed by atoms with Crippen molar-refractivity contribution < 1.29 is 13.9 Å². The van der Waals surface area contributed by atoms with Crippen molar-refractivity contribution in [2.24, 2.45) is 0 Å². The van der Waals surface area contributed by atoms with Crippen molar-refractivity contribution >= 4 is 23.5 Å². The molecule has 0 bridgehead atoms. The topological polar surface area (TPSA) is 77.2 Å². The second kappa shape index (κ2) is 7.14. The van der Waals surface area contributed by atoms with E-state index >= 15 is 0 Å². The predicted octanol–water partition coefficient (Wildman–Crippen LogP) is 3.86. The Bertz CT molecular complexity index is 846. The minimum atomic E-state index is -0.384. The number of hydrogen-bond acceptors (Lipinski definition) is 5. The Kier molecular flexibility index (Phi) is 4.77. The summed E-state index contributed by atoms with van der Waals surface area (Å²) in [6, 6.07) is 14.3. The average molecular weight is 344 g/mol. The molecule has 1 N–H and O–H groups in total. The molecule has 3 aromatic rings. The van der Waals surface area contributed by atoms with Crippen LogP contribution < -0.4 is 10.1 Å². The first-order valence-electron chi connectivity index (χ1n) is 7.19. The molecule has 122 valence electrons. The van der Waals surface area contributed by atoms with Gasteiger partial charge in [0.2, 0.25) is 5.89 Å². The Hall–Kier alpha value is -2.86. The zero-order valence-electron chi connectivity index (χ0n) is 12.8. The van der Waals surface area contributed by atoms with Gasteiger partial charge in [-0.15, -0.1) is 5.10 Å². The molecular formula is C17H14ClN3O3. The maximum Gasteiger partial charge on any atom is 0.322 e. The van der Waals surface area contributed by atoms with E-state index in [1.165, 1.54) is 0 Å². The van der Waals surface area contributed by atoms with E-state index in [2.05, 4.69) is 15.5 Å². The quantitative estimate of drug-likeness (QED) is 0.761. The summed E-state index contributed by atoms with van der Waals surface area (Å²) in [4.78, 5) is 12.4. The standard InChI is InChI=1S/C17H14ClN3O3/c1-11-20-21-17(24-11)19-16(22)14-4-2-3-5-15(14)23-10-12-6-8-13(18)9-7-12/h2-9H,10H2,1H3,(H,19,21,22). The monoisotopic (exact) mass is 343 g/mol. The molecule has 0 spiro atoms. The van der Waals surface area contributed by atoms with Crippen LogP contribution in [0.5, 0.6) is 5.75 Å². The number of halogens is 1. The van der Waals surface area contributed by atoms with Gasteiger partial charge in [-0.05, 0) is 29.8 Å². The highest BCUT2D eigenvalue weighted by Gasteiger charge is 2.15. The molecule has 1 aromatic heterocycles. The third-order valence-electron chi connectivity index (χ3n) is 3.19. The van der Waals surface area contributed by atoms with Gasteiger partial charge in [-0.1, -0.05) is 41.0 Å². The number of benzene rings is 2. The Balaban J connectivity index is 1.72. The molecule has 0 saturated heterocycles. The number of hydrogen-bond donors (Lipinski definition) is 1. The van der Waals surface area contributed by atoms with E-state index in [0.717, 1.165) is 5.56 Å². The lowest BCUT2D eigenvalue weighted by Crippen LogP contribution is -2.14. The fourth-order valence-corrected chi connectivity index (χ4v) is 2.16. The summed E-state index contributed by atoms with van der Waals surface area (Å²) in [5.41, 5.74) is 1.32. The zero-order valence-corrected chi connectivity index (χ0v) is 13.6. The van der Waals surface area contributed by atoms with Crippen LogP contribution in [0.3, 0.4) is 0 Å². The van der Waals surface area contributed by atoms with Crippen molar-refractivity contribution in [2.75, 3.05) is 5.32 Å². The van der Waals surface area contributed by atoms with Gasteiger partial charge in [0.15, 0.2) is 0 Å². The van der Waals surface area contributed by atoms with E-state index in [1.807, 2.05) is 12.1 Å². The van der Waals surface area contributed by atoms with Crippen LogP contribution >= 0.6 is 11.6 Å². The number of anilines is 1. The molecule has 3 rings (SSSR count). The van der Waals surface area contributed by atoms with Gasteiger partial charge in [0.25, 0.3) is 5.91 Å². The highest BCUT2D eigenvalue weighted by Crippen LogP contribution is 2.21. The summed E-state index contributed by atoms with van der Waals surface area (Å²) in [6.45, 7) is 1.97. The number of nitrogens with one attached hydrogen (secondary N) is 1. The van der Waals surface area contributed by atoms with Crippen molar-refractivity contribution in [1.29, 1.82) is 0 Å². The van der Waals surface area contributed by atoms with E-state index < -0.39 is 0 Å². The largest absolute Gasteiger partial charge is 0.488 e. The van der Waals surface area contributed by atoms with Crippen LogP contribution in [0.15, 0.2) is 52.9 Å². The molecule has 24 heavy (non-hydrogen) atoms. The summed E-state index contributed by atoms with van der Waals surface area (Å²) in [5.74, 6) is 0.448. The van der Waals surface area contributed by atoms with Crippen molar-refractivity contribution in [3.05, 3.63) is 70.6 Å². The Morgan fingerprint density at radius 1 is 1.17 bits per heavy atom. The molecule has 1 amide bonds. The predicted molar refractivity (Wildman–Crippen MR) is 89.2 cm³/mol. The number of aromatic nitrogens is 2. The number of carbonyl (C=O) groups is 1. The highest BCUT2D eigenvalue weighted by atomic mass is 35.5. The summed E-state index contributed by atoms with van der Waals surface area (Å²) in [7, 11) is 0. The fraction of sp³-hybridized carbons (Fsp3) is 0.118. The number of aryl methyl sites for hydroxylation is 1. The molecule has 0 atom stereocenters. The lowest BCUT2D eigenvalue weighted by molar-refractivity contribution is 0.101. The zero-order chi connectivity index (χ0) is 16.9. The first-order chi connectivity index (χ1) is 11.6. The van der Waals surface area contributed by atoms with E-state index in [9.17, 15) is 4.79 Å². The minimum absolute atomic E-state index is 0.0463. The number of para-hydroxylation sites is 1. The maximum atomic E-state index is 12.4. The van der Waals surface area contributed by atoms with Gasteiger partial charge < -0.3 is 9.15 Å². The third kappa shape index (κ3) is 3.91. The van der Waals surface area contributed by atoms with E-state index in [0.29, 0.717) is 28.8 Å². The fourth-order valence-electron chi connectivity index (χ4n) is 2.03. The molecular weight excluding hydrogens is 330 g/mol. The smallest absolute Gasteiger partial charge is 0.322 e. The number of carbonyl (C=O) groups excluding carboxylic acids is 1. The van der Waals surface area contributed by atoms with E-state index in [1.54, 1.807) is 43.3 Å². The molecule has 1 heterocycles. The summed E-state index contributed by atoms with van der Waals surface area (Å²) in [5, 5.41) is 10.6. The molecule has 6 nitrogen and oxygen atoms in total. The number of nitrogens with zero attached hydrogens (tertiary/aromatic N) is 2. The second-order valence-electron chi connectivity index (χ2n) is 4.99. The Morgan fingerprint density at radius 3 is 2.62 bits per heavy atom. The highest BCUT2D eigenvalue weighted by molar-refractivity contribution is 6.30. The maximum absolute atomic E-state index is 12.4. The van der Waals surface area contributed by atoms with Gasteiger partial charge in [-0.25, -0.2) is 0 Å². The van der Waals surface area contributed by atoms with Crippen molar-refractivity contribution in [2.45, 2.75) is 13.5 Å². The van der Waals surface area contributed by atoms with Crippen LogP contribution in [0.2, 0.25) is 5.02 Å². The lowest BCUT2D eigenvalue weighted by Gasteiger charge is -2.10. The molecule has 0 saturated carbocycles. The SMILES string of the molecule is Cc1nnc(NC(=O)c2ccccc2OCc2ccc(Cl)cc2)o1. The van der Waals surface area contributed by atoms with Crippen molar-refractivity contribution in [1.82, 2.24) is 10.2 Å². The minimum Gasteiger partial charge on any atom is -0.488 e. The van der Waals surface area contributed by atoms with E-state index in [4.69, 9.17) is 20.8 Å². The second-order valence-corrected chi connectivity index (χ2v) is 5.43. The third-order valence-corrected chi connectivity index (χ3v) is 3.44. The summed E-state index contributed by atoms with van der Waals surface area (Å²) in [6.07, 6.45) is 0. The molecule has 0 radical (unpaired) electrons. The van der Waals surface area contributed by atoms with Crippen molar-refractivity contribution in [3.8, 4) is 5.75 Å². The van der Waals surface area contributed by atoms with Gasteiger partial charge in [-0.2, -0.15) is 0 Å². The molecule has 0 aliphatic carbocycles. The van der Waals surface area contributed by atoms with Crippen LogP contribution in [0.1, 0.15) is 21.8 Å². The van der Waals surface area contributed by atoms with Crippen LogP contribution in [-0.4, -0.2) is 16.1 Å². The van der Waals surface area contributed by atoms with Crippen LogP contribution in [0, 0.1) is 6.92 Å². The number of ether oxygens (including phenoxy) is 1. The normalized spacial score (nSPS) is 10.4. The summed E-state index contributed by atoms with van der Waals surface area (Å²) >= 11 is 5.86. The first-order valence-corrected chi connectivity index (χ1v) is 7.57. The van der Waals surface area contributed by atoms with E-state index in [-0.39, 0.29) is 11.9 Å². The van der Waals surface area contributed by atoms with Crippen LogP contribution in [0.25, 0.3) is 0 Å². The molecule has 2 aromatic carbocycles. The van der Waals surface area contributed by atoms with Crippen LogP contribution in [0.4, 0.5) is 6.01 Å². The van der Waals surface area contributed by atoms with Gasteiger partial charge in [-0.3, -0.25) is 10.1 Å². The van der Waals surface area contributed by atoms with Gasteiger partial charge in [0.1, 0.15) is 12.4 Å². The Labute approximate surface area is 143 Å². The van der Waals surface area contributed by atoms with Gasteiger partial charge in [0.05, 0.1) is 5.56 Å². The number of rotatable bonds is 5. The molecule has 0 aliphatic rings.